The predicted molar refractivity (Wildman–Crippen MR) is 88.4 cm³/mol. The molecule has 3 unspecified atom stereocenters. The van der Waals surface area contributed by atoms with Gasteiger partial charge in [0.05, 0.1) is 5.92 Å². The van der Waals surface area contributed by atoms with Crippen molar-refractivity contribution in [2.75, 3.05) is 13.1 Å². The molecule has 0 heterocycles. The lowest BCUT2D eigenvalue weighted by molar-refractivity contribution is -0.146. The number of hydrogen-bond acceptors (Lipinski definition) is 2. The fourth-order valence-electron chi connectivity index (χ4n) is 3.33. The molecule has 124 valence electrons. The van der Waals surface area contributed by atoms with Crippen LogP contribution in [0.2, 0.25) is 0 Å². The standard InChI is InChI=1S/C18H35NO2/c1-13(2)8-10-19(11-9-14(3)4)17-12-15(5)6-7-16(17)18(20)21/h13-17H,6-12H2,1-5H3,(H,20,21). The van der Waals surface area contributed by atoms with Crippen LogP contribution in [-0.2, 0) is 4.79 Å². The Morgan fingerprint density at radius 1 is 1.10 bits per heavy atom. The van der Waals surface area contributed by atoms with Gasteiger partial charge >= 0.3 is 5.97 Å². The van der Waals surface area contributed by atoms with Crippen molar-refractivity contribution in [2.24, 2.45) is 23.7 Å². The Morgan fingerprint density at radius 3 is 2.05 bits per heavy atom. The monoisotopic (exact) mass is 297 g/mol. The van der Waals surface area contributed by atoms with Gasteiger partial charge < -0.3 is 5.11 Å². The Bertz CT molecular complexity index is 302. The molecule has 1 N–H and O–H groups in total. The van der Waals surface area contributed by atoms with Gasteiger partial charge in [-0.2, -0.15) is 0 Å². The van der Waals surface area contributed by atoms with Gasteiger partial charge in [0, 0.05) is 6.04 Å². The van der Waals surface area contributed by atoms with Crippen molar-refractivity contribution in [2.45, 2.75) is 72.8 Å². The molecule has 0 amide bonds. The Kier molecular flexibility index (Phi) is 7.72. The first-order valence-corrected chi connectivity index (χ1v) is 8.78. The summed E-state index contributed by atoms with van der Waals surface area (Å²) in [6.07, 6.45) is 5.29. The largest absolute Gasteiger partial charge is 0.481 e. The number of carbonyl (C=O) groups is 1. The molecule has 21 heavy (non-hydrogen) atoms. The summed E-state index contributed by atoms with van der Waals surface area (Å²) in [7, 11) is 0. The van der Waals surface area contributed by atoms with Crippen molar-refractivity contribution in [3.8, 4) is 0 Å². The van der Waals surface area contributed by atoms with Crippen LogP contribution >= 0.6 is 0 Å². The van der Waals surface area contributed by atoms with E-state index in [1.165, 1.54) is 0 Å². The molecule has 1 rings (SSSR count). The lowest BCUT2D eigenvalue weighted by Crippen LogP contribution is -2.48. The third-order valence-corrected chi connectivity index (χ3v) is 4.85. The van der Waals surface area contributed by atoms with E-state index in [2.05, 4.69) is 39.5 Å². The maximum Gasteiger partial charge on any atom is 0.308 e. The molecule has 3 nitrogen and oxygen atoms in total. The first-order chi connectivity index (χ1) is 9.81. The second kappa shape index (κ2) is 8.77. The van der Waals surface area contributed by atoms with Crippen LogP contribution < -0.4 is 0 Å². The van der Waals surface area contributed by atoms with Crippen LogP contribution in [0, 0.1) is 23.7 Å². The molecule has 1 saturated carbocycles. The highest BCUT2D eigenvalue weighted by Gasteiger charge is 2.36. The van der Waals surface area contributed by atoms with Gasteiger partial charge in [0.2, 0.25) is 0 Å². The average molecular weight is 297 g/mol. The summed E-state index contributed by atoms with van der Waals surface area (Å²) >= 11 is 0. The van der Waals surface area contributed by atoms with E-state index in [4.69, 9.17) is 0 Å². The molecule has 1 fully saturated rings. The summed E-state index contributed by atoms with van der Waals surface area (Å²) in [4.78, 5) is 14.1. The zero-order chi connectivity index (χ0) is 16.0. The van der Waals surface area contributed by atoms with Gasteiger partial charge in [0.15, 0.2) is 0 Å². The molecule has 0 bridgehead atoms. The minimum absolute atomic E-state index is 0.166. The average Bonchev–Trinajstić information content (AvgIpc) is 2.37. The second-order valence-corrected chi connectivity index (χ2v) is 7.83. The first kappa shape index (κ1) is 18.5. The highest BCUT2D eigenvalue weighted by Crippen LogP contribution is 2.33. The Hall–Kier alpha value is -0.570. The Labute approximate surface area is 131 Å². The summed E-state index contributed by atoms with van der Waals surface area (Å²) in [5, 5.41) is 9.57. The highest BCUT2D eigenvalue weighted by atomic mass is 16.4. The van der Waals surface area contributed by atoms with Crippen molar-refractivity contribution in [1.29, 1.82) is 0 Å². The van der Waals surface area contributed by atoms with Gasteiger partial charge in [0.1, 0.15) is 0 Å². The third kappa shape index (κ3) is 6.37. The summed E-state index contributed by atoms with van der Waals surface area (Å²) in [6, 6.07) is 0.240. The summed E-state index contributed by atoms with van der Waals surface area (Å²) in [5.74, 6) is 1.25. The van der Waals surface area contributed by atoms with E-state index in [1.54, 1.807) is 0 Å². The van der Waals surface area contributed by atoms with Crippen LogP contribution in [-0.4, -0.2) is 35.1 Å². The number of nitrogens with zero attached hydrogens (tertiary/aromatic N) is 1. The van der Waals surface area contributed by atoms with E-state index >= 15 is 0 Å². The van der Waals surface area contributed by atoms with Gasteiger partial charge in [0.25, 0.3) is 0 Å². The van der Waals surface area contributed by atoms with Gasteiger partial charge in [-0.15, -0.1) is 0 Å². The molecule has 0 aliphatic heterocycles. The molecule has 0 aromatic rings. The van der Waals surface area contributed by atoms with Crippen molar-refractivity contribution < 1.29 is 9.90 Å². The fraction of sp³-hybridized carbons (Fsp3) is 0.944. The van der Waals surface area contributed by atoms with E-state index < -0.39 is 5.97 Å². The number of hydrogen-bond donors (Lipinski definition) is 1. The van der Waals surface area contributed by atoms with Gasteiger partial charge in [-0.3, -0.25) is 9.69 Å². The molecule has 0 aromatic carbocycles. The van der Waals surface area contributed by atoms with Crippen molar-refractivity contribution in [3.63, 3.8) is 0 Å². The van der Waals surface area contributed by atoms with Crippen LogP contribution in [0.1, 0.15) is 66.7 Å². The molecule has 1 aliphatic carbocycles. The summed E-state index contributed by atoms with van der Waals surface area (Å²) < 4.78 is 0. The molecular weight excluding hydrogens is 262 g/mol. The Morgan fingerprint density at radius 2 is 1.62 bits per heavy atom. The van der Waals surface area contributed by atoms with Crippen molar-refractivity contribution >= 4 is 5.97 Å². The molecule has 0 aromatic heterocycles. The van der Waals surface area contributed by atoms with Crippen LogP contribution in [0.15, 0.2) is 0 Å². The lowest BCUT2D eigenvalue weighted by Gasteiger charge is -2.41. The second-order valence-electron chi connectivity index (χ2n) is 7.83. The first-order valence-electron chi connectivity index (χ1n) is 8.78. The number of aliphatic carboxylic acids is 1. The number of carboxylic acids is 1. The van der Waals surface area contributed by atoms with Gasteiger partial charge in [-0.05, 0) is 62.9 Å². The smallest absolute Gasteiger partial charge is 0.308 e. The topological polar surface area (TPSA) is 40.5 Å². The SMILES string of the molecule is CC(C)CCN(CCC(C)C)C1CC(C)CCC1C(=O)O. The van der Waals surface area contributed by atoms with E-state index in [9.17, 15) is 9.90 Å². The van der Waals surface area contributed by atoms with E-state index in [-0.39, 0.29) is 12.0 Å². The van der Waals surface area contributed by atoms with Crippen LogP contribution in [0.4, 0.5) is 0 Å². The maximum atomic E-state index is 11.6. The number of carboxylic acid groups (broad SMARTS) is 1. The molecular formula is C18H35NO2. The van der Waals surface area contributed by atoms with Crippen LogP contribution in [0.3, 0.4) is 0 Å². The molecule has 0 spiro atoms. The Balaban J connectivity index is 2.77. The third-order valence-electron chi connectivity index (χ3n) is 4.85. The van der Waals surface area contributed by atoms with Crippen LogP contribution in [0.5, 0.6) is 0 Å². The predicted octanol–water partition coefficient (Wildman–Crippen LogP) is 4.27. The minimum atomic E-state index is -0.592. The number of rotatable bonds is 8. The molecule has 1 aliphatic rings. The van der Waals surface area contributed by atoms with Crippen molar-refractivity contribution in [1.82, 2.24) is 4.90 Å². The summed E-state index contributed by atoms with van der Waals surface area (Å²) in [5.41, 5.74) is 0. The highest BCUT2D eigenvalue weighted by molar-refractivity contribution is 5.71. The van der Waals surface area contributed by atoms with E-state index in [0.29, 0.717) is 17.8 Å². The lowest BCUT2D eigenvalue weighted by atomic mass is 9.78. The summed E-state index contributed by atoms with van der Waals surface area (Å²) in [6.45, 7) is 13.4. The molecule has 0 radical (unpaired) electrons. The minimum Gasteiger partial charge on any atom is -0.481 e. The van der Waals surface area contributed by atoms with E-state index in [0.717, 1.165) is 45.2 Å². The van der Waals surface area contributed by atoms with E-state index in [1.807, 2.05) is 0 Å². The molecule has 3 heteroatoms. The quantitative estimate of drug-likeness (QED) is 0.727. The zero-order valence-electron chi connectivity index (χ0n) is 14.6. The van der Waals surface area contributed by atoms with Crippen LogP contribution in [0.25, 0.3) is 0 Å². The molecule has 0 saturated heterocycles. The van der Waals surface area contributed by atoms with Crippen molar-refractivity contribution in [3.05, 3.63) is 0 Å². The maximum absolute atomic E-state index is 11.6. The normalized spacial score (nSPS) is 26.8. The fourth-order valence-corrected chi connectivity index (χ4v) is 3.33. The molecule has 3 atom stereocenters. The zero-order valence-corrected chi connectivity index (χ0v) is 14.6. The van der Waals surface area contributed by atoms with Gasteiger partial charge in [-0.1, -0.05) is 34.6 Å². The van der Waals surface area contributed by atoms with Gasteiger partial charge in [-0.25, -0.2) is 0 Å².